The zero-order valence-corrected chi connectivity index (χ0v) is 25.9. The first kappa shape index (κ1) is 31.1. The van der Waals surface area contributed by atoms with Gasteiger partial charge in [-0.2, -0.15) is 0 Å². The molecule has 1 aliphatic heterocycles. The lowest BCUT2D eigenvalue weighted by molar-refractivity contribution is 0.792. The summed E-state index contributed by atoms with van der Waals surface area (Å²) in [7, 11) is 1.95. The van der Waals surface area contributed by atoms with E-state index in [1.807, 2.05) is 44.4 Å². The lowest BCUT2D eigenvalue weighted by Gasteiger charge is -2.23. The lowest BCUT2D eigenvalue weighted by atomic mass is 9.96. The molecule has 2 aromatic carbocycles. The van der Waals surface area contributed by atoms with Crippen LogP contribution in [0.1, 0.15) is 41.3 Å². The molecule has 4 nitrogen and oxygen atoms in total. The molecule has 43 heavy (non-hydrogen) atoms. The highest BCUT2D eigenvalue weighted by atomic mass is 15.0. The minimum absolute atomic E-state index is 0.0650. The fourth-order valence-corrected chi connectivity index (χ4v) is 5.29. The van der Waals surface area contributed by atoms with Crippen molar-refractivity contribution in [3.63, 3.8) is 0 Å². The topological polar surface area (TPSA) is 55.0 Å². The monoisotopic (exact) mass is 568 g/mol. The van der Waals surface area contributed by atoms with Gasteiger partial charge in [0, 0.05) is 34.9 Å². The highest BCUT2D eigenvalue weighted by molar-refractivity contribution is 5.83. The summed E-state index contributed by atoms with van der Waals surface area (Å²) in [5.74, 6) is 0. The molecule has 1 atom stereocenters. The van der Waals surface area contributed by atoms with Crippen LogP contribution >= 0.6 is 0 Å². The molecular weight excluding hydrogens is 524 g/mol. The predicted molar refractivity (Wildman–Crippen MR) is 188 cm³/mol. The predicted octanol–water partition coefficient (Wildman–Crippen LogP) is 8.43. The molecule has 0 amide bonds. The van der Waals surface area contributed by atoms with Gasteiger partial charge in [0.25, 0.3) is 0 Å². The molecule has 0 radical (unpaired) electrons. The number of nitrogens with one attached hydrogen (secondary N) is 2. The number of dihydropyridines is 1. The maximum Gasteiger partial charge on any atom is 0.0845 e. The quantitative estimate of drug-likeness (QED) is 0.152. The Hall–Kier alpha value is -4.80. The second-order valence-corrected chi connectivity index (χ2v) is 10.6. The number of allylic oxidation sites excluding steroid dienone is 8. The first-order chi connectivity index (χ1) is 20.9. The van der Waals surface area contributed by atoms with Crippen molar-refractivity contribution >= 4 is 17.8 Å². The summed E-state index contributed by atoms with van der Waals surface area (Å²) in [4.78, 5) is 0. The summed E-state index contributed by atoms with van der Waals surface area (Å²) in [6.07, 6.45) is 23.4. The van der Waals surface area contributed by atoms with Gasteiger partial charge in [-0.1, -0.05) is 92.1 Å². The number of nitrogens with two attached hydrogens (primary N) is 1. The van der Waals surface area contributed by atoms with Crippen molar-refractivity contribution in [2.24, 2.45) is 5.73 Å². The molecule has 0 spiro atoms. The number of aromatic nitrogens is 1. The molecule has 1 aliphatic rings. The number of hydrogen-bond donors (Lipinski definition) is 3. The molecular formula is C39H44N4. The largest absolute Gasteiger partial charge is 0.400 e. The first-order valence-corrected chi connectivity index (χ1v) is 14.8. The standard InChI is InChI=1S/C39H44N4/c1-7-10-20-35(40)37-22-16-21-36(42-37)32-23-24-34(31(9-3)27-32)39-29(5)28(4)38(43(39)33-18-12-11-13-19-33)26-30(8-2)17-14-15-25-41-6/h7-16,18-24,26-27,37,41-42H,2-3,17,25,40H2,1,4-6H3/b10-7-,15-14-,30-26+,35-20-. The van der Waals surface area contributed by atoms with E-state index in [1.165, 1.54) is 11.1 Å². The highest BCUT2D eigenvalue weighted by Crippen LogP contribution is 2.38. The number of rotatable bonds is 12. The van der Waals surface area contributed by atoms with Crippen LogP contribution in [-0.2, 0) is 0 Å². The van der Waals surface area contributed by atoms with Crippen molar-refractivity contribution in [2.45, 2.75) is 33.2 Å². The first-order valence-electron chi connectivity index (χ1n) is 14.8. The van der Waals surface area contributed by atoms with E-state index in [0.717, 1.165) is 63.7 Å². The molecule has 1 unspecified atom stereocenters. The van der Waals surface area contributed by atoms with Crippen molar-refractivity contribution in [3.8, 4) is 16.9 Å². The van der Waals surface area contributed by atoms with Gasteiger partial charge >= 0.3 is 0 Å². The van der Waals surface area contributed by atoms with Crippen LogP contribution in [0.2, 0.25) is 0 Å². The van der Waals surface area contributed by atoms with Gasteiger partial charge < -0.3 is 20.9 Å². The fourth-order valence-electron chi connectivity index (χ4n) is 5.29. The Bertz CT molecular complexity index is 1640. The van der Waals surface area contributed by atoms with Crippen LogP contribution in [0.5, 0.6) is 0 Å². The maximum atomic E-state index is 6.35. The molecule has 2 heterocycles. The van der Waals surface area contributed by atoms with Gasteiger partial charge in [0.05, 0.1) is 11.7 Å². The van der Waals surface area contributed by atoms with Gasteiger partial charge in [-0.05, 0) is 98.5 Å². The average Bonchev–Trinajstić information content (AvgIpc) is 3.29. The van der Waals surface area contributed by atoms with Crippen LogP contribution in [0.3, 0.4) is 0 Å². The molecule has 0 bridgehead atoms. The average molecular weight is 569 g/mol. The minimum atomic E-state index is -0.0650. The number of hydrogen-bond acceptors (Lipinski definition) is 3. The molecule has 0 saturated carbocycles. The van der Waals surface area contributed by atoms with E-state index >= 15 is 0 Å². The Morgan fingerprint density at radius 1 is 1.07 bits per heavy atom. The SMILES string of the molecule is C=C/C(=C\c1c(C)c(C)c(-c2ccc(C3=CC=CC(/C(N)=C/C=C\C)N3)cc2C=C)n1-c1ccccc1)C/C=C\CNC. The summed E-state index contributed by atoms with van der Waals surface area (Å²) in [6.45, 7) is 15.6. The molecule has 1 aromatic heterocycles. The van der Waals surface area contributed by atoms with Gasteiger partial charge in [-0.25, -0.2) is 0 Å². The summed E-state index contributed by atoms with van der Waals surface area (Å²) in [5.41, 5.74) is 18.5. The van der Waals surface area contributed by atoms with E-state index in [1.54, 1.807) is 0 Å². The summed E-state index contributed by atoms with van der Waals surface area (Å²) < 4.78 is 2.37. The third-order valence-corrected chi connectivity index (χ3v) is 7.76. The van der Waals surface area contributed by atoms with Crippen LogP contribution in [0.4, 0.5) is 0 Å². The third kappa shape index (κ3) is 7.17. The highest BCUT2D eigenvalue weighted by Gasteiger charge is 2.22. The van der Waals surface area contributed by atoms with Crippen molar-refractivity contribution in [2.75, 3.05) is 13.6 Å². The Morgan fingerprint density at radius 2 is 1.86 bits per heavy atom. The van der Waals surface area contributed by atoms with Gasteiger partial charge in [0.15, 0.2) is 0 Å². The molecule has 220 valence electrons. The lowest BCUT2D eigenvalue weighted by Crippen LogP contribution is -2.32. The summed E-state index contributed by atoms with van der Waals surface area (Å²) in [5, 5.41) is 6.75. The van der Waals surface area contributed by atoms with E-state index in [0.29, 0.717) is 0 Å². The number of para-hydroxylation sites is 1. The third-order valence-electron chi connectivity index (χ3n) is 7.76. The molecule has 0 saturated heterocycles. The van der Waals surface area contributed by atoms with E-state index < -0.39 is 0 Å². The smallest absolute Gasteiger partial charge is 0.0845 e. The van der Waals surface area contributed by atoms with Crippen LogP contribution < -0.4 is 16.4 Å². The molecule has 0 aliphatic carbocycles. The summed E-state index contributed by atoms with van der Waals surface area (Å²) in [6, 6.07) is 17.1. The zero-order chi connectivity index (χ0) is 30.8. The summed E-state index contributed by atoms with van der Waals surface area (Å²) >= 11 is 0. The molecule has 4 N–H and O–H groups in total. The second-order valence-electron chi connectivity index (χ2n) is 10.6. The Labute approximate surface area is 257 Å². The Balaban J connectivity index is 1.83. The number of likely N-dealkylation sites (N-methyl/N-ethyl adjacent to an activating group) is 1. The van der Waals surface area contributed by atoms with Gasteiger partial charge in [-0.3, -0.25) is 0 Å². The number of benzene rings is 2. The van der Waals surface area contributed by atoms with Crippen LogP contribution in [0, 0.1) is 13.8 Å². The fraction of sp³-hybridized carbons (Fsp3) is 0.179. The van der Waals surface area contributed by atoms with Crippen LogP contribution in [0.25, 0.3) is 34.8 Å². The van der Waals surface area contributed by atoms with E-state index in [4.69, 9.17) is 5.73 Å². The van der Waals surface area contributed by atoms with Gasteiger partial charge in [0.2, 0.25) is 0 Å². The van der Waals surface area contributed by atoms with E-state index in [-0.39, 0.29) is 6.04 Å². The molecule has 0 fully saturated rings. The zero-order valence-electron chi connectivity index (χ0n) is 25.9. The van der Waals surface area contributed by atoms with Gasteiger partial charge in [0.1, 0.15) is 0 Å². The van der Waals surface area contributed by atoms with E-state index in [9.17, 15) is 0 Å². The van der Waals surface area contributed by atoms with Crippen molar-refractivity contribution < 1.29 is 0 Å². The molecule has 4 rings (SSSR count). The van der Waals surface area contributed by atoms with Gasteiger partial charge in [-0.15, -0.1) is 0 Å². The van der Waals surface area contributed by atoms with Crippen molar-refractivity contribution in [1.82, 2.24) is 15.2 Å². The normalized spacial score (nSPS) is 15.6. The number of nitrogens with zero attached hydrogens (tertiary/aromatic N) is 1. The Morgan fingerprint density at radius 3 is 2.56 bits per heavy atom. The van der Waals surface area contributed by atoms with Crippen molar-refractivity contribution in [1.29, 1.82) is 0 Å². The minimum Gasteiger partial charge on any atom is -0.400 e. The van der Waals surface area contributed by atoms with Crippen LogP contribution in [-0.4, -0.2) is 24.2 Å². The molecule has 3 aromatic rings. The maximum absolute atomic E-state index is 6.35. The van der Waals surface area contributed by atoms with E-state index in [2.05, 4.69) is 127 Å². The Kier molecular flexibility index (Phi) is 10.8. The molecule has 4 heteroatoms. The van der Waals surface area contributed by atoms with Crippen molar-refractivity contribution in [3.05, 3.63) is 156 Å². The van der Waals surface area contributed by atoms with Crippen LogP contribution in [0.15, 0.2) is 128 Å². The second kappa shape index (κ2) is 14.9.